The molecular weight excluding hydrogens is 254 g/mol. The minimum atomic E-state index is 0.475. The molecule has 2 N–H and O–H groups in total. The maximum absolute atomic E-state index is 5.90. The van der Waals surface area contributed by atoms with Crippen molar-refractivity contribution in [1.29, 1.82) is 0 Å². The number of likely N-dealkylation sites (N-methyl/N-ethyl adjacent to an activating group) is 1. The molecule has 1 aliphatic rings. The molecule has 1 fully saturated rings. The Morgan fingerprint density at radius 2 is 2.11 bits per heavy atom. The summed E-state index contributed by atoms with van der Waals surface area (Å²) in [6.07, 6.45) is 1.17. The van der Waals surface area contributed by atoms with E-state index in [1.807, 2.05) is 0 Å². The van der Waals surface area contributed by atoms with Crippen LogP contribution in [0.1, 0.15) is 24.5 Å². The fourth-order valence-electron chi connectivity index (χ4n) is 2.83. The van der Waals surface area contributed by atoms with Gasteiger partial charge in [-0.1, -0.05) is 23.8 Å². The number of anilines is 1. The number of nitrogens with zero attached hydrogens (tertiary/aromatic N) is 2. The van der Waals surface area contributed by atoms with Crippen molar-refractivity contribution in [2.45, 2.75) is 26.3 Å². The van der Waals surface area contributed by atoms with Crippen molar-refractivity contribution in [2.24, 2.45) is 5.73 Å². The first-order valence-corrected chi connectivity index (χ1v) is 7.25. The van der Waals surface area contributed by atoms with Crippen molar-refractivity contribution in [3.63, 3.8) is 0 Å². The van der Waals surface area contributed by atoms with Gasteiger partial charge in [0.05, 0.1) is 0 Å². The molecule has 19 heavy (non-hydrogen) atoms. The van der Waals surface area contributed by atoms with Gasteiger partial charge in [0.25, 0.3) is 0 Å². The first-order valence-electron chi connectivity index (χ1n) is 6.84. The standard InChI is InChI=1S/C15H23N3S/c1-11-5-6-14(13(9-11)15(16)19)18-8-4-7-17(3)10-12(18)2/h5-6,9,12H,4,7-8,10H2,1-3H3,(H2,16,19). The lowest BCUT2D eigenvalue weighted by Crippen LogP contribution is -2.39. The number of hydrogen-bond acceptors (Lipinski definition) is 3. The highest BCUT2D eigenvalue weighted by Gasteiger charge is 2.22. The molecule has 3 nitrogen and oxygen atoms in total. The number of nitrogens with two attached hydrogens (primary N) is 1. The second-order valence-electron chi connectivity index (χ2n) is 5.54. The highest BCUT2D eigenvalue weighted by atomic mass is 32.1. The number of thiocarbonyl (C=S) groups is 1. The average molecular weight is 277 g/mol. The normalized spacial score (nSPS) is 21.2. The van der Waals surface area contributed by atoms with E-state index in [0.717, 1.165) is 25.2 Å². The fourth-order valence-corrected chi connectivity index (χ4v) is 2.99. The Bertz CT molecular complexity index is 472. The molecule has 0 spiro atoms. The van der Waals surface area contributed by atoms with E-state index in [1.54, 1.807) is 0 Å². The molecule has 1 heterocycles. The van der Waals surface area contributed by atoms with Crippen molar-refractivity contribution in [1.82, 2.24) is 4.90 Å². The summed E-state index contributed by atoms with van der Waals surface area (Å²) in [5.74, 6) is 0. The second kappa shape index (κ2) is 5.88. The Labute approximate surface area is 121 Å². The smallest absolute Gasteiger partial charge is 0.106 e. The molecule has 0 saturated carbocycles. The van der Waals surface area contributed by atoms with Gasteiger partial charge in [0.15, 0.2) is 0 Å². The van der Waals surface area contributed by atoms with Crippen LogP contribution in [0, 0.1) is 6.92 Å². The maximum Gasteiger partial charge on any atom is 0.106 e. The van der Waals surface area contributed by atoms with Gasteiger partial charge in [0.2, 0.25) is 0 Å². The number of rotatable bonds is 2. The van der Waals surface area contributed by atoms with Crippen molar-refractivity contribution in [3.8, 4) is 0 Å². The summed E-state index contributed by atoms with van der Waals surface area (Å²) in [6, 6.07) is 6.87. The van der Waals surface area contributed by atoms with Crippen LogP contribution in [0.25, 0.3) is 0 Å². The summed E-state index contributed by atoms with van der Waals surface area (Å²) < 4.78 is 0. The average Bonchev–Trinajstić information content (AvgIpc) is 2.50. The molecule has 1 saturated heterocycles. The van der Waals surface area contributed by atoms with E-state index < -0.39 is 0 Å². The zero-order valence-electron chi connectivity index (χ0n) is 12.0. The highest BCUT2D eigenvalue weighted by Crippen LogP contribution is 2.25. The fraction of sp³-hybridized carbons (Fsp3) is 0.533. The Morgan fingerprint density at radius 3 is 2.79 bits per heavy atom. The molecule has 1 unspecified atom stereocenters. The predicted octanol–water partition coefficient (Wildman–Crippen LogP) is 2.16. The van der Waals surface area contributed by atoms with E-state index in [1.165, 1.54) is 17.7 Å². The van der Waals surface area contributed by atoms with Crippen molar-refractivity contribution in [3.05, 3.63) is 29.3 Å². The lowest BCUT2D eigenvalue weighted by atomic mass is 10.1. The third-order valence-electron chi connectivity index (χ3n) is 3.77. The van der Waals surface area contributed by atoms with Gasteiger partial charge in [-0.15, -0.1) is 0 Å². The number of benzene rings is 1. The van der Waals surface area contributed by atoms with Crippen LogP contribution >= 0.6 is 12.2 Å². The minimum absolute atomic E-state index is 0.475. The zero-order valence-corrected chi connectivity index (χ0v) is 12.8. The van der Waals surface area contributed by atoms with Gasteiger partial charge >= 0.3 is 0 Å². The highest BCUT2D eigenvalue weighted by molar-refractivity contribution is 7.80. The summed E-state index contributed by atoms with van der Waals surface area (Å²) >= 11 is 5.21. The molecule has 1 aromatic rings. The number of hydrogen-bond donors (Lipinski definition) is 1. The van der Waals surface area contributed by atoms with Gasteiger partial charge in [0, 0.05) is 30.4 Å². The molecule has 0 aromatic heterocycles. The van der Waals surface area contributed by atoms with Crippen molar-refractivity contribution < 1.29 is 0 Å². The van der Waals surface area contributed by atoms with Crippen LogP contribution in [0.3, 0.4) is 0 Å². The molecule has 0 aliphatic carbocycles. The summed E-state index contributed by atoms with van der Waals surface area (Å²) in [5.41, 5.74) is 9.28. The van der Waals surface area contributed by atoms with E-state index in [0.29, 0.717) is 11.0 Å². The van der Waals surface area contributed by atoms with Gasteiger partial charge in [0.1, 0.15) is 4.99 Å². The molecule has 1 aromatic carbocycles. The maximum atomic E-state index is 5.90. The minimum Gasteiger partial charge on any atom is -0.389 e. The van der Waals surface area contributed by atoms with Crippen LogP contribution < -0.4 is 10.6 Å². The molecule has 0 amide bonds. The Morgan fingerprint density at radius 1 is 1.37 bits per heavy atom. The van der Waals surface area contributed by atoms with E-state index >= 15 is 0 Å². The molecular formula is C15H23N3S. The third-order valence-corrected chi connectivity index (χ3v) is 3.99. The molecule has 4 heteroatoms. The van der Waals surface area contributed by atoms with Crippen LogP contribution in [0.5, 0.6) is 0 Å². The topological polar surface area (TPSA) is 32.5 Å². The van der Waals surface area contributed by atoms with Crippen LogP contribution in [-0.2, 0) is 0 Å². The molecule has 104 valence electrons. The van der Waals surface area contributed by atoms with Gasteiger partial charge in [-0.3, -0.25) is 0 Å². The second-order valence-corrected chi connectivity index (χ2v) is 5.98. The molecule has 1 aliphatic heterocycles. The van der Waals surface area contributed by atoms with Crippen LogP contribution in [0.4, 0.5) is 5.69 Å². The van der Waals surface area contributed by atoms with Crippen LogP contribution in [0.2, 0.25) is 0 Å². The van der Waals surface area contributed by atoms with Crippen molar-refractivity contribution >= 4 is 22.9 Å². The zero-order chi connectivity index (χ0) is 14.0. The lowest BCUT2D eigenvalue weighted by Gasteiger charge is -2.32. The Hall–Kier alpha value is -1.13. The molecule has 0 bridgehead atoms. The van der Waals surface area contributed by atoms with Gasteiger partial charge in [-0.05, 0) is 46.0 Å². The molecule has 0 radical (unpaired) electrons. The summed E-state index contributed by atoms with van der Waals surface area (Å²) in [4.78, 5) is 5.32. The van der Waals surface area contributed by atoms with E-state index in [4.69, 9.17) is 18.0 Å². The van der Waals surface area contributed by atoms with Crippen LogP contribution in [-0.4, -0.2) is 42.6 Å². The largest absolute Gasteiger partial charge is 0.389 e. The first kappa shape index (κ1) is 14.3. The van der Waals surface area contributed by atoms with E-state index in [-0.39, 0.29) is 0 Å². The molecule has 2 rings (SSSR count). The van der Waals surface area contributed by atoms with Crippen molar-refractivity contribution in [2.75, 3.05) is 31.6 Å². The first-order chi connectivity index (χ1) is 8.99. The quantitative estimate of drug-likeness (QED) is 0.840. The SMILES string of the molecule is Cc1ccc(N2CCCN(C)CC2C)c(C(N)=S)c1. The monoisotopic (exact) mass is 277 g/mol. The summed E-state index contributed by atoms with van der Waals surface area (Å²) in [7, 11) is 2.18. The summed E-state index contributed by atoms with van der Waals surface area (Å²) in [6.45, 7) is 7.63. The van der Waals surface area contributed by atoms with E-state index in [2.05, 4.69) is 48.9 Å². The van der Waals surface area contributed by atoms with Gasteiger partial charge < -0.3 is 15.5 Å². The molecule has 1 atom stereocenters. The third kappa shape index (κ3) is 3.25. The Kier molecular flexibility index (Phi) is 4.42. The van der Waals surface area contributed by atoms with Gasteiger partial charge in [-0.25, -0.2) is 0 Å². The van der Waals surface area contributed by atoms with E-state index in [9.17, 15) is 0 Å². The van der Waals surface area contributed by atoms with Crippen LogP contribution in [0.15, 0.2) is 18.2 Å². The lowest BCUT2D eigenvalue weighted by molar-refractivity contribution is 0.337. The predicted molar refractivity (Wildman–Crippen MR) is 86.0 cm³/mol. The van der Waals surface area contributed by atoms with Gasteiger partial charge in [-0.2, -0.15) is 0 Å². The summed E-state index contributed by atoms with van der Waals surface area (Å²) in [5, 5.41) is 0. The number of aryl methyl sites for hydroxylation is 1. The Balaban J connectivity index is 2.37.